The Morgan fingerprint density at radius 3 is 2.50 bits per heavy atom. The highest BCUT2D eigenvalue weighted by Gasteiger charge is 2.22. The summed E-state index contributed by atoms with van der Waals surface area (Å²) < 4.78 is 2.25. The van der Waals surface area contributed by atoms with Crippen LogP contribution in [0.1, 0.15) is 37.9 Å². The summed E-state index contributed by atoms with van der Waals surface area (Å²) in [6.07, 6.45) is 0.885. The minimum atomic E-state index is 0.0579. The summed E-state index contributed by atoms with van der Waals surface area (Å²) in [6, 6.07) is 12.2. The molecule has 2 aromatic carbocycles. The first-order chi connectivity index (χ1) is 15.4. The number of hydrogen-bond acceptors (Lipinski definition) is 4. The van der Waals surface area contributed by atoms with Gasteiger partial charge in [-0.1, -0.05) is 13.0 Å². The predicted octanol–water partition coefficient (Wildman–Crippen LogP) is 4.40. The Hall–Kier alpha value is -3.30. The molecule has 0 amide bonds. The van der Waals surface area contributed by atoms with Crippen LogP contribution in [0.3, 0.4) is 0 Å². The summed E-state index contributed by atoms with van der Waals surface area (Å²) in [5.74, 6) is 0. The van der Waals surface area contributed by atoms with Crippen LogP contribution in [0.25, 0.3) is 32.8 Å². The van der Waals surface area contributed by atoms with Gasteiger partial charge >= 0.3 is 0 Å². The molecule has 0 radical (unpaired) electrons. The normalized spacial score (nSPS) is 15.3. The zero-order valence-corrected chi connectivity index (χ0v) is 19.2. The van der Waals surface area contributed by atoms with Crippen LogP contribution in [-0.4, -0.2) is 47.7 Å². The van der Waals surface area contributed by atoms with E-state index in [0.717, 1.165) is 60.1 Å². The molecule has 0 atom stereocenters. The third kappa shape index (κ3) is 3.08. The Kier molecular flexibility index (Phi) is 4.94. The number of H-pyrrole nitrogens is 1. The SMILES string of the molecule is CCc1cc2c(=O)c3c4ccc(C#N)cc4[nH]c3n(C(C)C)c2cc1N1CCN(C)CC1. The molecule has 32 heavy (non-hydrogen) atoms. The van der Waals surface area contributed by atoms with E-state index in [4.69, 9.17) is 0 Å². The number of benzene rings is 2. The number of aromatic amines is 1. The summed E-state index contributed by atoms with van der Waals surface area (Å²) in [6.45, 7) is 10.5. The van der Waals surface area contributed by atoms with E-state index < -0.39 is 0 Å². The number of likely N-dealkylation sites (N-methyl/N-ethyl adjacent to an activating group) is 1. The second-order valence-corrected chi connectivity index (χ2v) is 9.16. The molecule has 1 aliphatic rings. The highest BCUT2D eigenvalue weighted by atomic mass is 16.1. The fourth-order valence-corrected chi connectivity index (χ4v) is 5.08. The van der Waals surface area contributed by atoms with Crippen LogP contribution in [0.5, 0.6) is 0 Å². The Bertz CT molecular complexity index is 1450. The molecule has 6 heteroatoms. The van der Waals surface area contributed by atoms with Crippen LogP contribution in [0.15, 0.2) is 35.1 Å². The third-order valence-electron chi connectivity index (χ3n) is 6.82. The number of piperazine rings is 1. The van der Waals surface area contributed by atoms with Crippen LogP contribution < -0.4 is 10.3 Å². The van der Waals surface area contributed by atoms with Crippen molar-refractivity contribution < 1.29 is 0 Å². The standard InChI is InChI=1S/C26H29N5O/c1-5-18-13-20-23(14-22(18)30-10-8-29(4)9-11-30)31(16(2)3)26-24(25(20)32)19-7-6-17(15-27)12-21(19)28-26/h6-7,12-14,16,28H,5,8-11H2,1-4H3. The second-order valence-electron chi connectivity index (χ2n) is 9.16. The number of nitrogens with one attached hydrogen (secondary N) is 1. The van der Waals surface area contributed by atoms with Gasteiger partial charge in [0, 0.05) is 54.2 Å². The van der Waals surface area contributed by atoms with Crippen molar-refractivity contribution in [1.29, 1.82) is 5.26 Å². The molecule has 0 spiro atoms. The monoisotopic (exact) mass is 427 g/mol. The maximum Gasteiger partial charge on any atom is 0.199 e. The van der Waals surface area contributed by atoms with E-state index in [0.29, 0.717) is 10.9 Å². The fourth-order valence-electron chi connectivity index (χ4n) is 5.08. The third-order valence-corrected chi connectivity index (χ3v) is 6.82. The molecule has 1 fully saturated rings. The van der Waals surface area contributed by atoms with Gasteiger partial charge in [-0.2, -0.15) is 5.26 Å². The summed E-state index contributed by atoms with van der Waals surface area (Å²) in [4.78, 5) is 22.1. The molecule has 0 unspecified atom stereocenters. The summed E-state index contributed by atoms with van der Waals surface area (Å²) in [7, 11) is 2.17. The van der Waals surface area contributed by atoms with Gasteiger partial charge in [0.05, 0.1) is 22.5 Å². The van der Waals surface area contributed by atoms with Gasteiger partial charge in [-0.25, -0.2) is 0 Å². The first kappa shape index (κ1) is 20.6. The van der Waals surface area contributed by atoms with Gasteiger partial charge in [0.25, 0.3) is 0 Å². The lowest BCUT2D eigenvalue weighted by molar-refractivity contribution is 0.312. The average Bonchev–Trinajstić information content (AvgIpc) is 3.17. The van der Waals surface area contributed by atoms with Gasteiger partial charge in [-0.15, -0.1) is 0 Å². The van der Waals surface area contributed by atoms with Crippen LogP contribution in [-0.2, 0) is 6.42 Å². The largest absolute Gasteiger partial charge is 0.369 e. The molecule has 2 aromatic heterocycles. The highest BCUT2D eigenvalue weighted by Crippen LogP contribution is 2.33. The van der Waals surface area contributed by atoms with E-state index in [-0.39, 0.29) is 11.5 Å². The maximum atomic E-state index is 13.8. The minimum absolute atomic E-state index is 0.0579. The van der Waals surface area contributed by atoms with Crippen LogP contribution >= 0.6 is 0 Å². The number of hydrogen-bond donors (Lipinski definition) is 1. The Balaban J connectivity index is 1.86. The summed E-state index contributed by atoms with van der Waals surface area (Å²) >= 11 is 0. The molecular formula is C26H29N5O. The lowest BCUT2D eigenvalue weighted by Crippen LogP contribution is -2.44. The van der Waals surface area contributed by atoms with Crippen LogP contribution in [0, 0.1) is 11.3 Å². The molecule has 5 rings (SSSR count). The smallest absolute Gasteiger partial charge is 0.199 e. The topological polar surface area (TPSA) is 68.1 Å². The maximum absolute atomic E-state index is 13.8. The van der Waals surface area contributed by atoms with Gasteiger partial charge in [-0.05, 0) is 57.1 Å². The molecular weight excluding hydrogens is 398 g/mol. The summed E-state index contributed by atoms with van der Waals surface area (Å²) in [5.41, 5.74) is 5.73. The van der Waals surface area contributed by atoms with E-state index in [1.54, 1.807) is 6.07 Å². The quantitative estimate of drug-likeness (QED) is 0.526. The number of nitrogens with zero attached hydrogens (tertiary/aromatic N) is 4. The molecule has 6 nitrogen and oxygen atoms in total. The average molecular weight is 428 g/mol. The van der Waals surface area contributed by atoms with Gasteiger partial charge in [0.1, 0.15) is 5.65 Å². The van der Waals surface area contributed by atoms with Crippen molar-refractivity contribution in [2.75, 3.05) is 38.1 Å². The van der Waals surface area contributed by atoms with Crippen molar-refractivity contribution in [3.05, 3.63) is 51.7 Å². The number of rotatable bonds is 3. The Labute approximate surface area is 187 Å². The van der Waals surface area contributed by atoms with Crippen molar-refractivity contribution in [3.8, 4) is 6.07 Å². The molecule has 1 N–H and O–H groups in total. The number of anilines is 1. The minimum Gasteiger partial charge on any atom is -0.369 e. The number of aromatic nitrogens is 2. The summed E-state index contributed by atoms with van der Waals surface area (Å²) in [5, 5.41) is 11.7. The van der Waals surface area contributed by atoms with Crippen LogP contribution in [0.4, 0.5) is 5.69 Å². The van der Waals surface area contributed by atoms with Crippen LogP contribution in [0.2, 0.25) is 0 Å². The van der Waals surface area contributed by atoms with Crippen molar-refractivity contribution in [1.82, 2.24) is 14.5 Å². The van der Waals surface area contributed by atoms with E-state index in [1.807, 2.05) is 12.1 Å². The number of aryl methyl sites for hydroxylation is 1. The zero-order chi connectivity index (χ0) is 22.6. The Morgan fingerprint density at radius 1 is 1.09 bits per heavy atom. The molecule has 0 bridgehead atoms. The molecule has 3 heterocycles. The number of pyridine rings is 1. The van der Waals surface area contributed by atoms with Crippen molar-refractivity contribution in [3.63, 3.8) is 0 Å². The van der Waals surface area contributed by atoms with Gasteiger partial charge in [0.15, 0.2) is 5.43 Å². The number of nitriles is 1. The second kappa shape index (κ2) is 7.68. The lowest BCUT2D eigenvalue weighted by Gasteiger charge is -2.35. The lowest BCUT2D eigenvalue weighted by atomic mass is 10.0. The van der Waals surface area contributed by atoms with Gasteiger partial charge in [-0.3, -0.25) is 4.79 Å². The molecule has 164 valence electrons. The molecule has 1 aliphatic heterocycles. The van der Waals surface area contributed by atoms with E-state index in [9.17, 15) is 10.1 Å². The van der Waals surface area contributed by atoms with E-state index in [2.05, 4.69) is 65.4 Å². The first-order valence-electron chi connectivity index (χ1n) is 11.4. The molecule has 0 saturated carbocycles. The highest BCUT2D eigenvalue weighted by molar-refractivity contribution is 6.10. The Morgan fingerprint density at radius 2 is 1.84 bits per heavy atom. The van der Waals surface area contributed by atoms with Crippen molar-refractivity contribution >= 4 is 38.5 Å². The molecule has 4 aromatic rings. The molecule has 1 saturated heterocycles. The first-order valence-corrected chi connectivity index (χ1v) is 11.4. The van der Waals surface area contributed by atoms with E-state index >= 15 is 0 Å². The van der Waals surface area contributed by atoms with Crippen molar-refractivity contribution in [2.45, 2.75) is 33.2 Å². The fraction of sp³-hybridized carbons (Fsp3) is 0.385. The predicted molar refractivity (Wildman–Crippen MR) is 132 cm³/mol. The van der Waals surface area contributed by atoms with Gasteiger partial charge < -0.3 is 19.4 Å². The zero-order valence-electron chi connectivity index (χ0n) is 19.2. The molecule has 0 aliphatic carbocycles. The van der Waals surface area contributed by atoms with Gasteiger partial charge in [0.2, 0.25) is 0 Å². The van der Waals surface area contributed by atoms with Crippen molar-refractivity contribution in [2.24, 2.45) is 0 Å². The number of fused-ring (bicyclic) bond motifs is 4. The van der Waals surface area contributed by atoms with E-state index in [1.165, 1.54) is 11.3 Å².